The van der Waals surface area contributed by atoms with Crippen LogP contribution in [-0.2, 0) is 0 Å². The highest BCUT2D eigenvalue weighted by Gasteiger charge is 2.59. The highest BCUT2D eigenvalue weighted by Crippen LogP contribution is 2.56. The van der Waals surface area contributed by atoms with Crippen molar-refractivity contribution in [1.82, 2.24) is 13.9 Å². The van der Waals surface area contributed by atoms with Crippen molar-refractivity contribution in [3.63, 3.8) is 0 Å². The molecule has 5 rings (SSSR count). The van der Waals surface area contributed by atoms with Gasteiger partial charge in [0.2, 0.25) is 0 Å². The number of rotatable bonds is 3. The zero-order valence-corrected chi connectivity index (χ0v) is 16.9. The molecule has 1 N–H and O–H groups in total. The molecule has 28 heavy (non-hydrogen) atoms. The number of hydrogen-bond donors (Lipinski definition) is 1. The van der Waals surface area contributed by atoms with E-state index in [2.05, 4.69) is 25.2 Å². The molecule has 6 nitrogen and oxygen atoms in total. The van der Waals surface area contributed by atoms with Crippen molar-refractivity contribution in [2.45, 2.75) is 43.2 Å². The third kappa shape index (κ3) is 2.17. The summed E-state index contributed by atoms with van der Waals surface area (Å²) in [5.41, 5.74) is 0.0106. The number of aromatic nitrogens is 3. The van der Waals surface area contributed by atoms with Crippen molar-refractivity contribution >= 4 is 13.3 Å². The van der Waals surface area contributed by atoms with Gasteiger partial charge in [0, 0.05) is 5.54 Å². The predicted molar refractivity (Wildman–Crippen MR) is 110 cm³/mol. The van der Waals surface area contributed by atoms with Crippen LogP contribution in [0.3, 0.4) is 0 Å². The molecule has 0 saturated heterocycles. The number of hydrogen-bond acceptors (Lipinski definition) is 3. The van der Waals surface area contributed by atoms with E-state index in [-0.39, 0.29) is 29.0 Å². The minimum atomic E-state index is -2.04. The lowest BCUT2D eigenvalue weighted by Gasteiger charge is -2.32. The fourth-order valence-electron chi connectivity index (χ4n) is 5.38. The van der Waals surface area contributed by atoms with Crippen molar-refractivity contribution in [3.05, 3.63) is 81.6 Å². The molecular formula is C21H23N3O3Si. The number of para-hydroxylation sites is 1. The van der Waals surface area contributed by atoms with Gasteiger partial charge in [-0.2, -0.15) is 0 Å². The molecule has 144 valence electrons. The van der Waals surface area contributed by atoms with Crippen molar-refractivity contribution < 1.29 is 5.11 Å². The number of nitrogens with zero attached hydrogens (tertiary/aromatic N) is 3. The first kappa shape index (κ1) is 17.5. The van der Waals surface area contributed by atoms with E-state index in [1.165, 1.54) is 14.4 Å². The maximum absolute atomic E-state index is 13.2. The molecule has 0 radical (unpaired) electrons. The Balaban J connectivity index is 1.68. The van der Waals surface area contributed by atoms with Gasteiger partial charge in [-0.3, -0.25) is 0 Å². The highest BCUT2D eigenvalue weighted by molar-refractivity contribution is 6.91. The fourth-order valence-corrected chi connectivity index (χ4v) is 9.27. The van der Waals surface area contributed by atoms with E-state index in [0.717, 1.165) is 0 Å². The number of aliphatic hydroxyl groups excluding tert-OH is 1. The van der Waals surface area contributed by atoms with Crippen LogP contribution in [0.4, 0.5) is 0 Å². The summed E-state index contributed by atoms with van der Waals surface area (Å²) in [6, 6.07) is 18.8. The molecule has 0 amide bonds. The Morgan fingerprint density at radius 3 is 2.11 bits per heavy atom. The zero-order chi connectivity index (χ0) is 19.6. The molecule has 0 unspecified atom stereocenters. The largest absolute Gasteiger partial charge is 0.391 e. The van der Waals surface area contributed by atoms with E-state index >= 15 is 0 Å². The monoisotopic (exact) mass is 393 g/mol. The Morgan fingerprint density at radius 1 is 0.893 bits per heavy atom. The standard InChI is InChI=1S/C21H23N3O3Si/c1-28(2,15-11-7-4-8-12-15)19-16-13-17(25)18(19)24-21(27)22(20(26)23(16)24)14-9-5-3-6-10-14/h3-12,16-19,25H,13H2,1-2H3/t16-,17-,18+,19+/m1/s1. The van der Waals surface area contributed by atoms with Crippen LogP contribution in [0.5, 0.6) is 0 Å². The van der Waals surface area contributed by atoms with Gasteiger partial charge >= 0.3 is 11.4 Å². The predicted octanol–water partition coefficient (Wildman–Crippen LogP) is 1.65. The summed E-state index contributed by atoms with van der Waals surface area (Å²) < 4.78 is 4.39. The molecular weight excluding hydrogens is 370 g/mol. The Hall–Kier alpha value is -2.64. The van der Waals surface area contributed by atoms with Crippen LogP contribution in [-0.4, -0.2) is 33.2 Å². The van der Waals surface area contributed by atoms with Gasteiger partial charge in [0.15, 0.2) is 0 Å². The smallest absolute Gasteiger partial charge is 0.352 e. The number of fused-ring (bicyclic) bond motifs is 5. The summed E-state index contributed by atoms with van der Waals surface area (Å²) >= 11 is 0. The average molecular weight is 394 g/mol. The van der Waals surface area contributed by atoms with Crippen molar-refractivity contribution in [1.29, 1.82) is 0 Å². The molecule has 2 heterocycles. The molecule has 7 heteroatoms. The molecule has 1 saturated carbocycles. The fraction of sp³-hybridized carbons (Fsp3) is 0.333. The SMILES string of the molecule is C[Si](C)(c1ccccc1)[C@@H]1[C@@H]2[C@H](O)C[C@H]1n1c(=O)n(-c3ccccc3)c(=O)n12. The lowest BCUT2D eigenvalue weighted by Crippen LogP contribution is -2.49. The van der Waals surface area contributed by atoms with Gasteiger partial charge in [-0.25, -0.2) is 23.5 Å². The van der Waals surface area contributed by atoms with E-state index in [1.807, 2.05) is 36.4 Å². The zero-order valence-electron chi connectivity index (χ0n) is 15.9. The maximum Gasteiger partial charge on any atom is 0.352 e. The summed E-state index contributed by atoms with van der Waals surface area (Å²) in [6.45, 7) is 4.55. The van der Waals surface area contributed by atoms with E-state index in [1.54, 1.807) is 16.8 Å². The van der Waals surface area contributed by atoms with Gasteiger partial charge in [0.25, 0.3) is 0 Å². The van der Waals surface area contributed by atoms with Crippen LogP contribution in [0.15, 0.2) is 70.3 Å². The lowest BCUT2D eigenvalue weighted by atomic mass is 10.2. The first-order valence-electron chi connectivity index (χ1n) is 9.68. The van der Waals surface area contributed by atoms with Gasteiger partial charge in [0.1, 0.15) is 0 Å². The molecule has 2 aliphatic rings. The van der Waals surface area contributed by atoms with Crippen LogP contribution in [0.2, 0.25) is 18.6 Å². The Kier molecular flexibility index (Phi) is 3.69. The van der Waals surface area contributed by atoms with E-state index < -0.39 is 14.2 Å². The van der Waals surface area contributed by atoms with Gasteiger partial charge in [-0.05, 0) is 18.6 Å². The molecule has 2 aromatic carbocycles. The molecule has 1 aliphatic heterocycles. The van der Waals surface area contributed by atoms with Crippen molar-refractivity contribution in [3.8, 4) is 5.69 Å². The first-order chi connectivity index (χ1) is 13.4. The van der Waals surface area contributed by atoms with Crippen molar-refractivity contribution in [2.75, 3.05) is 0 Å². The van der Waals surface area contributed by atoms with Crippen LogP contribution < -0.4 is 16.6 Å². The number of aliphatic hydroxyl groups is 1. The quantitative estimate of drug-likeness (QED) is 0.688. The summed E-state index contributed by atoms with van der Waals surface area (Å²) in [6.07, 6.45) is -0.0780. The molecule has 3 aromatic rings. The number of benzene rings is 2. The second-order valence-electron chi connectivity index (χ2n) is 8.40. The summed E-state index contributed by atoms with van der Waals surface area (Å²) in [4.78, 5) is 26.5. The molecule has 1 aliphatic carbocycles. The van der Waals surface area contributed by atoms with Crippen LogP contribution in [0.25, 0.3) is 5.69 Å². The molecule has 4 atom stereocenters. The molecule has 0 spiro atoms. The van der Waals surface area contributed by atoms with Gasteiger partial charge in [-0.1, -0.05) is 66.8 Å². The third-order valence-corrected chi connectivity index (χ3v) is 10.8. The van der Waals surface area contributed by atoms with Crippen molar-refractivity contribution in [2.24, 2.45) is 0 Å². The maximum atomic E-state index is 13.2. The van der Waals surface area contributed by atoms with Crippen LogP contribution in [0.1, 0.15) is 18.5 Å². The van der Waals surface area contributed by atoms with E-state index in [0.29, 0.717) is 12.1 Å². The summed E-state index contributed by atoms with van der Waals surface area (Å²) in [7, 11) is -2.04. The highest BCUT2D eigenvalue weighted by atomic mass is 28.3. The van der Waals surface area contributed by atoms with Gasteiger partial charge in [-0.15, -0.1) is 0 Å². The van der Waals surface area contributed by atoms with E-state index in [9.17, 15) is 14.7 Å². The van der Waals surface area contributed by atoms with E-state index in [4.69, 9.17) is 0 Å². The molecule has 2 bridgehead atoms. The first-order valence-corrected chi connectivity index (χ1v) is 12.8. The second kappa shape index (κ2) is 5.92. The Bertz CT molecular complexity index is 1150. The molecule has 1 fully saturated rings. The van der Waals surface area contributed by atoms with Gasteiger partial charge < -0.3 is 5.11 Å². The lowest BCUT2D eigenvalue weighted by molar-refractivity contribution is 0.104. The Labute approximate surface area is 163 Å². The summed E-state index contributed by atoms with van der Waals surface area (Å²) in [5.74, 6) is 0. The third-order valence-electron chi connectivity index (χ3n) is 6.63. The topological polar surface area (TPSA) is 69.2 Å². The van der Waals surface area contributed by atoms with Crippen LogP contribution in [0, 0.1) is 0 Å². The molecule has 1 aromatic heterocycles. The van der Waals surface area contributed by atoms with Crippen LogP contribution >= 0.6 is 0 Å². The second-order valence-corrected chi connectivity index (χ2v) is 13.1. The minimum Gasteiger partial charge on any atom is -0.391 e. The Morgan fingerprint density at radius 2 is 1.46 bits per heavy atom. The van der Waals surface area contributed by atoms with Gasteiger partial charge in [0.05, 0.1) is 31.9 Å². The minimum absolute atomic E-state index is 0.107. The average Bonchev–Trinajstić information content (AvgIpc) is 3.30. The normalized spacial score (nSPS) is 25.8. The summed E-state index contributed by atoms with van der Waals surface area (Å²) in [5, 5.41) is 12.1.